The van der Waals surface area contributed by atoms with Gasteiger partial charge in [-0.1, -0.05) is 6.42 Å². The van der Waals surface area contributed by atoms with Crippen LogP contribution in [0.3, 0.4) is 0 Å². The van der Waals surface area contributed by atoms with Gasteiger partial charge in [-0.2, -0.15) is 10.1 Å². The van der Waals surface area contributed by atoms with Gasteiger partial charge >= 0.3 is 5.69 Å². The third-order valence-electron chi connectivity index (χ3n) is 2.06. The van der Waals surface area contributed by atoms with Gasteiger partial charge in [-0.3, -0.25) is 0 Å². The fraction of sp³-hybridized carbons (Fsp3) is 0.714. The first-order chi connectivity index (χ1) is 5.86. The molecule has 1 aromatic rings. The molecule has 1 aliphatic heterocycles. The van der Waals surface area contributed by atoms with E-state index >= 15 is 0 Å². The number of rotatable bonds is 1. The topological polar surface area (TPSA) is 70.9 Å². The Morgan fingerprint density at radius 2 is 2.42 bits per heavy atom. The van der Waals surface area contributed by atoms with E-state index in [1.54, 1.807) is 0 Å². The van der Waals surface area contributed by atoms with E-state index in [4.69, 9.17) is 4.52 Å². The first-order valence-corrected chi connectivity index (χ1v) is 4.15. The lowest BCUT2D eigenvalue weighted by Gasteiger charge is -2.19. The normalized spacial score (nSPS) is 24.2. The molecule has 2 N–H and O–H groups in total. The van der Waals surface area contributed by atoms with Gasteiger partial charge in [-0.15, -0.1) is 0 Å². The number of nitrogens with zero attached hydrogens (tertiary/aromatic N) is 1. The first kappa shape index (κ1) is 7.54. The zero-order valence-corrected chi connectivity index (χ0v) is 6.67. The minimum Gasteiger partial charge on any atom is -0.360 e. The van der Waals surface area contributed by atoms with E-state index < -0.39 is 5.69 Å². The Labute approximate surface area is 69.1 Å². The predicted octanol–water partition coefficient (Wildman–Crippen LogP) is 0.177. The third-order valence-corrected chi connectivity index (χ3v) is 2.06. The van der Waals surface area contributed by atoms with Gasteiger partial charge in [0.2, 0.25) is 5.89 Å². The lowest BCUT2D eigenvalue weighted by atomic mass is 10.1. The largest absolute Gasteiger partial charge is 0.377 e. The molecule has 0 radical (unpaired) electrons. The second-order valence-electron chi connectivity index (χ2n) is 2.96. The molecule has 5 heteroatoms. The minimum atomic E-state index is -0.405. The van der Waals surface area contributed by atoms with Crippen molar-refractivity contribution in [3.8, 4) is 0 Å². The summed E-state index contributed by atoms with van der Waals surface area (Å²) in [5.41, 5.74) is -0.405. The number of nitrogens with one attached hydrogen (secondary N) is 2. The van der Waals surface area contributed by atoms with Crippen molar-refractivity contribution in [2.24, 2.45) is 0 Å². The third kappa shape index (κ3) is 1.40. The number of aromatic nitrogens is 2. The molecule has 1 aromatic heterocycles. The van der Waals surface area contributed by atoms with Crippen molar-refractivity contribution >= 4 is 0 Å². The maximum atomic E-state index is 10.6. The summed E-state index contributed by atoms with van der Waals surface area (Å²) in [5.74, 6) is 0.486. The van der Waals surface area contributed by atoms with Gasteiger partial charge in [0.25, 0.3) is 0 Å². The summed E-state index contributed by atoms with van der Waals surface area (Å²) in [5, 5.41) is 5.42. The van der Waals surface area contributed by atoms with E-state index in [-0.39, 0.29) is 6.04 Å². The van der Waals surface area contributed by atoms with Crippen molar-refractivity contribution in [2.75, 3.05) is 6.54 Å². The Kier molecular flexibility index (Phi) is 1.95. The number of piperidine rings is 1. The van der Waals surface area contributed by atoms with E-state index in [9.17, 15) is 4.79 Å². The quantitative estimate of drug-likeness (QED) is 0.629. The van der Waals surface area contributed by atoms with Crippen LogP contribution in [0.25, 0.3) is 0 Å². The summed E-state index contributed by atoms with van der Waals surface area (Å²) in [6, 6.07) is 0.123. The molecular weight excluding hydrogens is 158 g/mol. The smallest absolute Gasteiger partial charge is 0.360 e. The lowest BCUT2D eigenvalue weighted by molar-refractivity contribution is 0.296. The Morgan fingerprint density at radius 3 is 3.00 bits per heavy atom. The van der Waals surface area contributed by atoms with Crippen LogP contribution in [-0.4, -0.2) is 16.7 Å². The average Bonchev–Trinajstić information content (AvgIpc) is 2.54. The van der Waals surface area contributed by atoms with Crippen LogP contribution in [0.15, 0.2) is 9.32 Å². The van der Waals surface area contributed by atoms with Crippen molar-refractivity contribution < 1.29 is 4.52 Å². The highest BCUT2D eigenvalue weighted by Crippen LogP contribution is 2.19. The number of H-pyrrole nitrogens is 1. The molecule has 0 spiro atoms. The predicted molar refractivity (Wildman–Crippen MR) is 41.7 cm³/mol. The zero-order chi connectivity index (χ0) is 8.39. The molecule has 1 aliphatic rings. The number of hydrogen-bond acceptors (Lipinski definition) is 4. The fourth-order valence-corrected chi connectivity index (χ4v) is 1.45. The van der Waals surface area contributed by atoms with Crippen molar-refractivity contribution in [3.05, 3.63) is 16.4 Å². The molecule has 0 amide bonds. The van der Waals surface area contributed by atoms with Gasteiger partial charge in [0.1, 0.15) is 0 Å². The van der Waals surface area contributed by atoms with Crippen LogP contribution in [0.1, 0.15) is 31.2 Å². The highest BCUT2D eigenvalue weighted by Gasteiger charge is 2.19. The molecule has 5 nitrogen and oxygen atoms in total. The summed E-state index contributed by atoms with van der Waals surface area (Å²) < 4.78 is 4.89. The molecule has 12 heavy (non-hydrogen) atoms. The van der Waals surface area contributed by atoms with Crippen LogP contribution < -0.4 is 11.0 Å². The van der Waals surface area contributed by atoms with Gasteiger partial charge in [0.05, 0.1) is 6.04 Å². The van der Waals surface area contributed by atoms with Crippen LogP contribution in [0.5, 0.6) is 0 Å². The summed E-state index contributed by atoms with van der Waals surface area (Å²) in [6.45, 7) is 0.973. The maximum Gasteiger partial charge on any atom is 0.377 e. The second-order valence-corrected chi connectivity index (χ2v) is 2.96. The molecule has 66 valence electrons. The minimum absolute atomic E-state index is 0.123. The Hall–Kier alpha value is -1.10. The van der Waals surface area contributed by atoms with Crippen LogP contribution in [0, 0.1) is 0 Å². The highest BCUT2D eigenvalue weighted by molar-refractivity contribution is 4.89. The standard InChI is InChI=1S/C7H11N3O2/c11-7-9-6(12-10-7)5-3-1-2-4-8-5/h5,8H,1-4H2,(H,10,11). The van der Waals surface area contributed by atoms with E-state index in [0.717, 1.165) is 19.4 Å². The van der Waals surface area contributed by atoms with E-state index in [0.29, 0.717) is 5.89 Å². The Morgan fingerprint density at radius 1 is 1.50 bits per heavy atom. The molecule has 2 rings (SSSR count). The molecule has 1 fully saturated rings. The maximum absolute atomic E-state index is 10.6. The van der Waals surface area contributed by atoms with Gasteiger partial charge in [-0.25, -0.2) is 4.79 Å². The van der Waals surface area contributed by atoms with Gasteiger partial charge in [0.15, 0.2) is 0 Å². The van der Waals surface area contributed by atoms with E-state index in [1.165, 1.54) is 6.42 Å². The molecule has 0 aromatic carbocycles. The molecular formula is C7H11N3O2. The van der Waals surface area contributed by atoms with Crippen molar-refractivity contribution in [2.45, 2.75) is 25.3 Å². The lowest BCUT2D eigenvalue weighted by Crippen LogP contribution is -2.27. The summed E-state index contributed by atoms with van der Waals surface area (Å²) in [6.07, 6.45) is 3.34. The summed E-state index contributed by atoms with van der Waals surface area (Å²) >= 11 is 0. The highest BCUT2D eigenvalue weighted by atomic mass is 16.5. The Balaban J connectivity index is 2.13. The second kappa shape index (κ2) is 3.10. The number of hydrogen-bond donors (Lipinski definition) is 2. The van der Waals surface area contributed by atoms with Crippen molar-refractivity contribution in [1.29, 1.82) is 0 Å². The molecule has 1 saturated heterocycles. The Bertz CT molecular complexity index is 298. The van der Waals surface area contributed by atoms with Gasteiger partial charge in [0, 0.05) is 0 Å². The van der Waals surface area contributed by atoms with Crippen LogP contribution in [0.4, 0.5) is 0 Å². The van der Waals surface area contributed by atoms with E-state index in [2.05, 4.69) is 15.5 Å². The SMILES string of the molecule is O=c1nc(C2CCCCN2)o[nH]1. The van der Waals surface area contributed by atoms with E-state index in [1.807, 2.05) is 0 Å². The fourth-order valence-electron chi connectivity index (χ4n) is 1.45. The molecule has 1 unspecified atom stereocenters. The van der Waals surface area contributed by atoms with Gasteiger partial charge in [-0.05, 0) is 19.4 Å². The van der Waals surface area contributed by atoms with Crippen LogP contribution in [-0.2, 0) is 0 Å². The summed E-state index contributed by atoms with van der Waals surface area (Å²) in [4.78, 5) is 14.3. The number of aromatic amines is 1. The van der Waals surface area contributed by atoms with Crippen molar-refractivity contribution in [1.82, 2.24) is 15.5 Å². The van der Waals surface area contributed by atoms with Crippen molar-refractivity contribution in [3.63, 3.8) is 0 Å². The van der Waals surface area contributed by atoms with Crippen LogP contribution >= 0.6 is 0 Å². The zero-order valence-electron chi connectivity index (χ0n) is 6.67. The molecule has 1 atom stereocenters. The van der Waals surface area contributed by atoms with Crippen LogP contribution in [0.2, 0.25) is 0 Å². The average molecular weight is 169 g/mol. The molecule has 0 saturated carbocycles. The summed E-state index contributed by atoms with van der Waals surface area (Å²) in [7, 11) is 0. The molecule has 0 aliphatic carbocycles. The first-order valence-electron chi connectivity index (χ1n) is 4.15. The molecule has 2 heterocycles. The monoisotopic (exact) mass is 169 g/mol. The molecule has 0 bridgehead atoms. The van der Waals surface area contributed by atoms with Gasteiger partial charge < -0.3 is 9.84 Å².